The Morgan fingerprint density at radius 1 is 0.654 bits per heavy atom. The third-order valence-electron chi connectivity index (χ3n) is 4.38. The molecule has 0 unspecified atom stereocenters. The van der Waals surface area contributed by atoms with Gasteiger partial charge in [-0.3, -0.25) is 0 Å². The lowest BCUT2D eigenvalue weighted by molar-refractivity contribution is -0.163. The molecule has 0 aromatic heterocycles. The molecule has 26 heavy (non-hydrogen) atoms. The van der Waals surface area contributed by atoms with Crippen LogP contribution in [0.2, 0.25) is 0 Å². The lowest BCUT2D eigenvalue weighted by Crippen LogP contribution is -2.54. The first-order valence-electron chi connectivity index (χ1n) is 7.94. The molecule has 0 aliphatic rings. The summed E-state index contributed by atoms with van der Waals surface area (Å²) in [5.74, 6) is 0. The highest BCUT2D eigenvalue weighted by Crippen LogP contribution is 2.64. The maximum absolute atomic E-state index is 14.4. The highest BCUT2D eigenvalue weighted by molar-refractivity contribution is 7.79. The van der Waals surface area contributed by atoms with Gasteiger partial charge in [-0.1, -0.05) is 91.0 Å². The Kier molecular flexibility index (Phi) is 4.78. The molecule has 0 amide bonds. The zero-order valence-electron chi connectivity index (χ0n) is 13.7. The predicted molar refractivity (Wildman–Crippen MR) is 98.1 cm³/mol. The molecule has 0 fully saturated rings. The smallest absolute Gasteiger partial charge is 0.311 e. The molecule has 2 N–H and O–H groups in total. The molecule has 2 nitrogen and oxygen atoms in total. The molecule has 1 atom stereocenters. The summed E-state index contributed by atoms with van der Waals surface area (Å²) in [7, 11) is -4.34. The van der Waals surface area contributed by atoms with E-state index in [4.69, 9.17) is 5.73 Å². The van der Waals surface area contributed by atoms with Crippen molar-refractivity contribution in [2.24, 2.45) is 5.73 Å². The molecule has 0 saturated carbocycles. The monoisotopic (exact) mass is 375 g/mol. The summed E-state index contributed by atoms with van der Waals surface area (Å²) in [4.78, 5) is 0. The van der Waals surface area contributed by atoms with Crippen LogP contribution in [0, 0.1) is 0 Å². The standard InChI is InChI=1S/C20H17F3NOP/c21-20(22,23)19(24,16-10-4-1-5-11-16)26(25,17-12-6-2-7-13-17)18-14-8-3-9-15-18/h1-15H,24H2/t19-/m1/s1. The third-order valence-corrected chi connectivity index (χ3v) is 7.94. The van der Waals surface area contributed by atoms with E-state index in [1.807, 2.05) is 0 Å². The maximum atomic E-state index is 14.4. The zero-order valence-corrected chi connectivity index (χ0v) is 14.6. The van der Waals surface area contributed by atoms with E-state index in [0.717, 1.165) is 0 Å². The fourth-order valence-electron chi connectivity index (χ4n) is 3.05. The lowest BCUT2D eigenvalue weighted by Gasteiger charge is -2.39. The van der Waals surface area contributed by atoms with Crippen LogP contribution in [-0.2, 0) is 9.85 Å². The quantitative estimate of drug-likeness (QED) is 0.688. The summed E-state index contributed by atoms with van der Waals surface area (Å²) in [5.41, 5.74) is 5.82. The van der Waals surface area contributed by atoms with Crippen LogP contribution < -0.4 is 16.3 Å². The minimum Gasteiger partial charge on any atom is -0.311 e. The number of halogens is 3. The summed E-state index contributed by atoms with van der Waals surface area (Å²) in [5, 5.41) is -2.92. The normalized spacial score (nSPS) is 14.6. The predicted octanol–water partition coefficient (Wildman–Crippen LogP) is 4.37. The first-order chi connectivity index (χ1) is 12.3. The SMILES string of the molecule is N[C@@](c1ccccc1)(C(F)(F)F)P(=O)(c1ccccc1)c1ccccc1. The number of alkyl halides is 3. The topological polar surface area (TPSA) is 43.1 Å². The Hall–Kier alpha value is -2.36. The summed E-state index contributed by atoms with van der Waals surface area (Å²) >= 11 is 0. The Morgan fingerprint density at radius 3 is 1.35 bits per heavy atom. The lowest BCUT2D eigenvalue weighted by atomic mass is 10.1. The van der Waals surface area contributed by atoms with Gasteiger partial charge in [0.1, 0.15) is 0 Å². The minimum absolute atomic E-state index is 0.0647. The van der Waals surface area contributed by atoms with Crippen molar-refractivity contribution in [1.29, 1.82) is 0 Å². The zero-order chi connectivity index (χ0) is 18.8. The molecule has 0 radical (unpaired) electrons. The van der Waals surface area contributed by atoms with Crippen LogP contribution in [0.15, 0.2) is 91.0 Å². The van der Waals surface area contributed by atoms with E-state index >= 15 is 0 Å². The number of rotatable bonds is 4. The van der Waals surface area contributed by atoms with Crippen LogP contribution in [-0.4, -0.2) is 6.18 Å². The van der Waals surface area contributed by atoms with Crippen molar-refractivity contribution < 1.29 is 17.7 Å². The molecule has 0 bridgehead atoms. The van der Waals surface area contributed by atoms with Crippen molar-refractivity contribution in [2.45, 2.75) is 11.5 Å². The van der Waals surface area contributed by atoms with Gasteiger partial charge in [-0.25, -0.2) is 0 Å². The average molecular weight is 375 g/mol. The van der Waals surface area contributed by atoms with Gasteiger partial charge < -0.3 is 10.3 Å². The highest BCUT2D eigenvalue weighted by Gasteiger charge is 2.65. The molecule has 3 aromatic rings. The van der Waals surface area contributed by atoms with Gasteiger partial charge in [0.15, 0.2) is 12.4 Å². The van der Waals surface area contributed by atoms with E-state index in [9.17, 15) is 17.7 Å². The van der Waals surface area contributed by atoms with Crippen LogP contribution in [0.3, 0.4) is 0 Å². The molecule has 6 heteroatoms. The molecule has 0 saturated heterocycles. The first-order valence-corrected chi connectivity index (χ1v) is 9.65. The van der Waals surface area contributed by atoms with Gasteiger partial charge in [0.2, 0.25) is 0 Å². The van der Waals surface area contributed by atoms with Crippen molar-refractivity contribution in [2.75, 3.05) is 0 Å². The molecular weight excluding hydrogens is 358 g/mol. The van der Waals surface area contributed by atoms with E-state index in [1.54, 1.807) is 42.5 Å². The summed E-state index contributed by atoms with van der Waals surface area (Å²) < 4.78 is 57.3. The Morgan fingerprint density at radius 2 is 1.00 bits per heavy atom. The molecule has 0 aliphatic heterocycles. The number of hydrogen-bond donors (Lipinski definition) is 1. The second kappa shape index (κ2) is 6.75. The molecule has 3 rings (SSSR count). The Balaban J connectivity index is 2.41. The van der Waals surface area contributed by atoms with E-state index in [0.29, 0.717) is 0 Å². The maximum Gasteiger partial charge on any atom is 0.418 e. The third kappa shape index (κ3) is 2.77. The summed E-state index contributed by atoms with van der Waals surface area (Å²) in [6.07, 6.45) is -4.93. The van der Waals surface area contributed by atoms with E-state index in [1.165, 1.54) is 48.5 Å². The van der Waals surface area contributed by atoms with Gasteiger partial charge in [0, 0.05) is 10.6 Å². The van der Waals surface area contributed by atoms with E-state index < -0.39 is 18.6 Å². The van der Waals surface area contributed by atoms with Gasteiger partial charge in [0.25, 0.3) is 0 Å². The van der Waals surface area contributed by atoms with Crippen LogP contribution in [0.1, 0.15) is 5.56 Å². The van der Waals surface area contributed by atoms with Crippen LogP contribution >= 0.6 is 7.14 Å². The first kappa shape index (κ1) is 18.4. The van der Waals surface area contributed by atoms with Crippen molar-refractivity contribution in [3.63, 3.8) is 0 Å². The number of hydrogen-bond acceptors (Lipinski definition) is 2. The van der Waals surface area contributed by atoms with Gasteiger partial charge in [0.05, 0.1) is 0 Å². The van der Waals surface area contributed by atoms with Crippen LogP contribution in [0.4, 0.5) is 13.2 Å². The Labute approximate surface area is 149 Å². The van der Waals surface area contributed by atoms with Crippen molar-refractivity contribution in [3.05, 3.63) is 96.6 Å². The molecule has 0 aliphatic carbocycles. The summed E-state index contributed by atoms with van der Waals surface area (Å²) in [6.45, 7) is 0. The largest absolute Gasteiger partial charge is 0.418 e. The van der Waals surface area contributed by atoms with Gasteiger partial charge in [-0.2, -0.15) is 13.2 Å². The molecule has 3 aromatic carbocycles. The molecular formula is C20H17F3NOP. The van der Waals surface area contributed by atoms with Gasteiger partial charge in [-0.05, 0) is 5.56 Å². The second-order valence-corrected chi connectivity index (χ2v) is 8.87. The van der Waals surface area contributed by atoms with Crippen LogP contribution in [0.25, 0.3) is 0 Å². The van der Waals surface area contributed by atoms with Crippen molar-refractivity contribution in [1.82, 2.24) is 0 Å². The van der Waals surface area contributed by atoms with Crippen LogP contribution in [0.5, 0.6) is 0 Å². The highest BCUT2D eigenvalue weighted by atomic mass is 31.2. The van der Waals surface area contributed by atoms with Crippen molar-refractivity contribution in [3.8, 4) is 0 Å². The minimum atomic E-state index is -4.93. The second-order valence-electron chi connectivity index (χ2n) is 5.91. The molecule has 134 valence electrons. The van der Waals surface area contributed by atoms with Gasteiger partial charge in [-0.15, -0.1) is 0 Å². The summed E-state index contributed by atoms with van der Waals surface area (Å²) in [6, 6.07) is 22.4. The Bertz CT molecular complexity index is 871. The average Bonchev–Trinajstić information content (AvgIpc) is 2.68. The van der Waals surface area contributed by atoms with E-state index in [2.05, 4.69) is 0 Å². The fourth-order valence-corrected chi connectivity index (χ4v) is 6.21. The fraction of sp³-hybridized carbons (Fsp3) is 0.100. The van der Waals surface area contributed by atoms with E-state index in [-0.39, 0.29) is 16.2 Å². The number of nitrogens with two attached hydrogens (primary N) is 1. The van der Waals surface area contributed by atoms with Gasteiger partial charge >= 0.3 is 6.18 Å². The van der Waals surface area contributed by atoms with Crippen molar-refractivity contribution >= 4 is 17.8 Å². The molecule has 0 heterocycles. The molecule has 0 spiro atoms. The number of benzene rings is 3.